The zero-order valence-corrected chi connectivity index (χ0v) is 19.6. The molecule has 2 aromatic carbocycles. The predicted molar refractivity (Wildman–Crippen MR) is 130 cm³/mol. The molecule has 1 N–H and O–H groups in total. The van der Waals surface area contributed by atoms with E-state index >= 15 is 0 Å². The molecule has 0 saturated carbocycles. The Labute approximate surface area is 193 Å². The standard InChI is InChI=1S/C24H23BrN4O3/c1-4-14(2)23-27-20-10-9-16(25)11-18(20)24(32)29(23)26-12-19-15(3)28(13-22(30)31)21-8-6-5-7-17(19)21/h5-12,14H,4,13H2,1-3H3,(H,30,31)/t14-/m1/s1. The number of halogens is 1. The molecule has 8 heteroatoms. The first-order valence-corrected chi connectivity index (χ1v) is 11.2. The van der Waals surface area contributed by atoms with Crippen molar-refractivity contribution in [1.82, 2.24) is 14.2 Å². The maximum Gasteiger partial charge on any atom is 0.323 e. The fourth-order valence-corrected chi connectivity index (χ4v) is 4.22. The minimum atomic E-state index is -0.920. The summed E-state index contributed by atoms with van der Waals surface area (Å²) in [5.41, 5.74) is 2.75. The lowest BCUT2D eigenvalue weighted by molar-refractivity contribution is -0.137. The van der Waals surface area contributed by atoms with Crippen molar-refractivity contribution in [2.24, 2.45) is 5.10 Å². The first kappa shape index (κ1) is 22.0. The van der Waals surface area contributed by atoms with Crippen LogP contribution in [0.15, 0.2) is 56.8 Å². The molecule has 164 valence electrons. The number of aromatic nitrogens is 3. The van der Waals surface area contributed by atoms with Gasteiger partial charge in [-0.1, -0.05) is 48.0 Å². The summed E-state index contributed by atoms with van der Waals surface area (Å²) in [7, 11) is 0. The van der Waals surface area contributed by atoms with Gasteiger partial charge in [-0.3, -0.25) is 9.59 Å². The molecule has 0 fully saturated rings. The van der Waals surface area contributed by atoms with Crippen molar-refractivity contribution in [3.63, 3.8) is 0 Å². The van der Waals surface area contributed by atoms with Gasteiger partial charge in [0, 0.05) is 32.6 Å². The van der Waals surface area contributed by atoms with E-state index in [9.17, 15) is 14.7 Å². The maximum absolute atomic E-state index is 13.3. The number of hydrogen-bond acceptors (Lipinski definition) is 4. The maximum atomic E-state index is 13.3. The molecule has 4 aromatic rings. The summed E-state index contributed by atoms with van der Waals surface area (Å²) in [6.45, 7) is 5.77. The fraction of sp³-hybridized carbons (Fsp3) is 0.250. The van der Waals surface area contributed by atoms with E-state index in [0.717, 1.165) is 33.1 Å². The lowest BCUT2D eigenvalue weighted by Crippen LogP contribution is -2.23. The molecule has 0 spiro atoms. The number of carboxylic acids is 1. The minimum absolute atomic E-state index is 0.0300. The van der Waals surface area contributed by atoms with Gasteiger partial charge < -0.3 is 9.67 Å². The molecule has 1 atom stereocenters. The molecule has 2 aromatic heterocycles. The van der Waals surface area contributed by atoms with Crippen LogP contribution in [0.5, 0.6) is 0 Å². The number of benzene rings is 2. The van der Waals surface area contributed by atoms with Gasteiger partial charge in [0.05, 0.1) is 17.1 Å². The Morgan fingerprint density at radius 3 is 2.72 bits per heavy atom. The molecule has 0 saturated heterocycles. The highest BCUT2D eigenvalue weighted by Crippen LogP contribution is 2.25. The Morgan fingerprint density at radius 2 is 2.00 bits per heavy atom. The van der Waals surface area contributed by atoms with E-state index in [2.05, 4.69) is 21.0 Å². The Bertz CT molecular complexity index is 1430. The molecule has 0 aliphatic rings. The van der Waals surface area contributed by atoms with Gasteiger partial charge in [-0.05, 0) is 37.6 Å². The third-order valence-corrected chi connectivity index (χ3v) is 6.26. The monoisotopic (exact) mass is 494 g/mol. The topological polar surface area (TPSA) is 89.5 Å². The molecule has 0 bridgehead atoms. The van der Waals surface area contributed by atoms with Crippen LogP contribution in [0, 0.1) is 6.92 Å². The van der Waals surface area contributed by atoms with E-state index in [-0.39, 0.29) is 18.0 Å². The first-order valence-electron chi connectivity index (χ1n) is 10.4. The molecule has 0 amide bonds. The molecule has 0 aliphatic carbocycles. The van der Waals surface area contributed by atoms with Crippen LogP contribution in [0.2, 0.25) is 0 Å². The van der Waals surface area contributed by atoms with Gasteiger partial charge in [0.25, 0.3) is 5.56 Å². The third-order valence-electron chi connectivity index (χ3n) is 5.76. The van der Waals surface area contributed by atoms with Gasteiger partial charge in [-0.2, -0.15) is 9.78 Å². The molecule has 0 aliphatic heterocycles. The number of para-hydroxylation sites is 1. The fourth-order valence-electron chi connectivity index (χ4n) is 3.85. The average Bonchev–Trinajstić information content (AvgIpc) is 3.03. The quantitative estimate of drug-likeness (QED) is 0.386. The normalized spacial score (nSPS) is 12.8. The van der Waals surface area contributed by atoms with E-state index in [1.165, 1.54) is 4.68 Å². The van der Waals surface area contributed by atoms with Gasteiger partial charge >= 0.3 is 5.97 Å². The van der Waals surface area contributed by atoms with E-state index in [4.69, 9.17) is 4.98 Å². The van der Waals surface area contributed by atoms with Crippen LogP contribution >= 0.6 is 15.9 Å². The van der Waals surface area contributed by atoms with Gasteiger partial charge in [-0.25, -0.2) is 4.98 Å². The van der Waals surface area contributed by atoms with Crippen molar-refractivity contribution in [3.05, 3.63) is 74.4 Å². The predicted octanol–water partition coefficient (Wildman–Crippen LogP) is 4.90. The average molecular weight is 495 g/mol. The zero-order chi connectivity index (χ0) is 23.0. The Hall–Kier alpha value is -3.26. The van der Waals surface area contributed by atoms with Crippen LogP contribution in [-0.2, 0) is 11.3 Å². The summed E-state index contributed by atoms with van der Waals surface area (Å²) < 4.78 is 3.90. The number of fused-ring (bicyclic) bond motifs is 2. The van der Waals surface area contributed by atoms with Gasteiger partial charge in [-0.15, -0.1) is 0 Å². The van der Waals surface area contributed by atoms with Gasteiger partial charge in [0.1, 0.15) is 12.4 Å². The van der Waals surface area contributed by atoms with Crippen LogP contribution in [0.1, 0.15) is 43.3 Å². The highest BCUT2D eigenvalue weighted by molar-refractivity contribution is 9.10. The summed E-state index contributed by atoms with van der Waals surface area (Å²) >= 11 is 3.42. The van der Waals surface area contributed by atoms with Crippen LogP contribution < -0.4 is 5.56 Å². The highest BCUT2D eigenvalue weighted by atomic mass is 79.9. The zero-order valence-electron chi connectivity index (χ0n) is 18.0. The number of carboxylic acid groups (broad SMARTS) is 1. The molecule has 0 unspecified atom stereocenters. The molecular formula is C24H23BrN4O3. The first-order chi connectivity index (χ1) is 15.3. The summed E-state index contributed by atoms with van der Waals surface area (Å²) in [5.74, 6) is -0.297. The Morgan fingerprint density at radius 1 is 1.25 bits per heavy atom. The summed E-state index contributed by atoms with van der Waals surface area (Å²) in [6, 6.07) is 13.0. The van der Waals surface area contributed by atoms with E-state index < -0.39 is 5.97 Å². The number of hydrogen-bond donors (Lipinski definition) is 1. The van der Waals surface area contributed by atoms with Crippen LogP contribution in [-0.4, -0.2) is 31.5 Å². The number of rotatable bonds is 6. The smallest absolute Gasteiger partial charge is 0.323 e. The van der Waals surface area contributed by atoms with Crippen LogP contribution in [0.4, 0.5) is 0 Å². The third kappa shape index (κ3) is 3.86. The summed E-state index contributed by atoms with van der Waals surface area (Å²) in [5, 5.41) is 15.3. The molecule has 7 nitrogen and oxygen atoms in total. The van der Waals surface area contributed by atoms with Crippen molar-refractivity contribution in [3.8, 4) is 0 Å². The van der Waals surface area contributed by atoms with Crippen molar-refractivity contribution < 1.29 is 9.90 Å². The van der Waals surface area contributed by atoms with Crippen molar-refractivity contribution in [2.45, 2.75) is 39.7 Å². The molecule has 2 heterocycles. The largest absolute Gasteiger partial charge is 0.480 e. The Balaban J connectivity index is 1.94. The van der Waals surface area contributed by atoms with Crippen LogP contribution in [0.3, 0.4) is 0 Å². The highest BCUT2D eigenvalue weighted by Gasteiger charge is 2.17. The van der Waals surface area contributed by atoms with E-state index in [1.54, 1.807) is 16.8 Å². The van der Waals surface area contributed by atoms with Crippen LogP contribution in [0.25, 0.3) is 21.8 Å². The number of nitrogens with zero attached hydrogens (tertiary/aromatic N) is 4. The van der Waals surface area contributed by atoms with Gasteiger partial charge in [0.2, 0.25) is 0 Å². The number of aliphatic carboxylic acids is 1. The van der Waals surface area contributed by atoms with E-state index in [1.807, 2.05) is 57.2 Å². The lowest BCUT2D eigenvalue weighted by Gasteiger charge is -2.14. The second kappa shape index (κ2) is 8.70. The second-order valence-corrected chi connectivity index (χ2v) is 8.71. The van der Waals surface area contributed by atoms with Crippen molar-refractivity contribution in [1.29, 1.82) is 0 Å². The SMILES string of the molecule is CC[C@@H](C)c1nc2ccc(Br)cc2c(=O)n1N=Cc1c(C)n(CC(=O)O)c2ccccc12. The molecular weight excluding hydrogens is 472 g/mol. The number of carbonyl (C=O) groups is 1. The Kier molecular flexibility index (Phi) is 5.97. The lowest BCUT2D eigenvalue weighted by atomic mass is 10.1. The summed E-state index contributed by atoms with van der Waals surface area (Å²) in [4.78, 5) is 29.5. The second-order valence-electron chi connectivity index (χ2n) is 7.80. The molecule has 4 rings (SSSR count). The van der Waals surface area contributed by atoms with E-state index in [0.29, 0.717) is 16.7 Å². The van der Waals surface area contributed by atoms with Crippen molar-refractivity contribution >= 4 is 49.9 Å². The van der Waals surface area contributed by atoms with Gasteiger partial charge in [0.15, 0.2) is 0 Å². The minimum Gasteiger partial charge on any atom is -0.480 e. The van der Waals surface area contributed by atoms with Crippen molar-refractivity contribution in [2.75, 3.05) is 0 Å². The molecule has 0 radical (unpaired) electrons. The molecule has 32 heavy (non-hydrogen) atoms. The summed E-state index contributed by atoms with van der Waals surface area (Å²) in [6.07, 6.45) is 2.44.